The molecular weight excluding hydrogens is 679 g/mol. The lowest BCUT2D eigenvalue weighted by Crippen LogP contribution is -2.31. The molecule has 4 N–H and O–H groups in total. The largest absolute Gasteiger partial charge is 0.381 e. The van der Waals surface area contributed by atoms with Crippen molar-refractivity contribution in [2.24, 2.45) is 5.92 Å². The summed E-state index contributed by atoms with van der Waals surface area (Å²) >= 11 is 0. The van der Waals surface area contributed by atoms with Crippen molar-refractivity contribution in [2.75, 3.05) is 30.3 Å². The predicted octanol–water partition coefficient (Wildman–Crippen LogP) is 6.47. The van der Waals surface area contributed by atoms with E-state index in [0.29, 0.717) is 35.9 Å². The van der Waals surface area contributed by atoms with Crippen LogP contribution in [0.2, 0.25) is 0 Å². The van der Waals surface area contributed by atoms with E-state index in [9.17, 15) is 25.6 Å². The molecule has 2 saturated heterocycles. The van der Waals surface area contributed by atoms with E-state index in [-0.39, 0.29) is 19.6 Å². The van der Waals surface area contributed by atoms with Crippen LogP contribution in [-0.4, -0.2) is 54.6 Å². The lowest BCUT2D eigenvalue weighted by Gasteiger charge is -2.22. The van der Waals surface area contributed by atoms with E-state index >= 15 is 0 Å². The van der Waals surface area contributed by atoms with E-state index in [1.54, 1.807) is 24.3 Å². The fourth-order valence-corrected chi connectivity index (χ4v) is 10.6. The van der Waals surface area contributed by atoms with Gasteiger partial charge in [0.25, 0.3) is 0 Å². The van der Waals surface area contributed by atoms with E-state index < -0.39 is 31.3 Å². The van der Waals surface area contributed by atoms with E-state index in [1.165, 1.54) is 36.4 Å². The zero-order chi connectivity index (χ0) is 35.2. The summed E-state index contributed by atoms with van der Waals surface area (Å²) in [5.74, 6) is -0.0404. The van der Waals surface area contributed by atoms with Crippen LogP contribution in [-0.2, 0) is 19.7 Å². The maximum absolute atomic E-state index is 13.5. The van der Waals surface area contributed by atoms with Gasteiger partial charge in [-0.15, -0.1) is 0 Å². The average Bonchev–Trinajstić information content (AvgIpc) is 3.49. The van der Waals surface area contributed by atoms with Crippen LogP contribution in [0.5, 0.6) is 0 Å². The van der Waals surface area contributed by atoms with Crippen LogP contribution in [0, 0.1) is 17.6 Å². The summed E-state index contributed by atoms with van der Waals surface area (Å²) in [6, 6.07) is 21.9. The third-order valence-corrected chi connectivity index (χ3v) is 14.0. The zero-order valence-electron chi connectivity index (χ0n) is 28.0. The van der Waals surface area contributed by atoms with Crippen molar-refractivity contribution < 1.29 is 25.6 Å². The minimum atomic E-state index is -3.73. The monoisotopic (exact) mass is 720 g/mol. The first kappa shape index (κ1) is 34.6. The average molecular weight is 721 g/mol. The first-order valence-electron chi connectivity index (χ1n) is 17.2. The molecule has 6 atom stereocenters. The van der Waals surface area contributed by atoms with Crippen LogP contribution in [0.4, 0.5) is 20.2 Å². The first-order valence-corrected chi connectivity index (χ1v) is 20.1. The van der Waals surface area contributed by atoms with E-state index in [0.717, 1.165) is 73.5 Å². The van der Waals surface area contributed by atoms with Crippen molar-refractivity contribution >= 4 is 31.0 Å². The van der Waals surface area contributed by atoms with E-state index in [1.807, 2.05) is 12.1 Å². The number of benzene rings is 4. The van der Waals surface area contributed by atoms with Gasteiger partial charge in [-0.1, -0.05) is 19.1 Å². The number of fused-ring (bicyclic) bond motifs is 6. The Morgan fingerprint density at radius 1 is 0.640 bits per heavy atom. The summed E-state index contributed by atoms with van der Waals surface area (Å²) in [5, 5.41) is 14.0. The summed E-state index contributed by atoms with van der Waals surface area (Å²) in [6.07, 6.45) is 2.95. The molecule has 0 radical (unpaired) electrons. The van der Waals surface area contributed by atoms with Gasteiger partial charge in [0.15, 0.2) is 0 Å². The number of nitrogens with one attached hydrogen (secondary N) is 4. The third kappa shape index (κ3) is 6.66. The molecule has 0 aliphatic carbocycles. The number of anilines is 2. The Kier molecular flexibility index (Phi) is 9.48. The van der Waals surface area contributed by atoms with Gasteiger partial charge >= 0.3 is 0 Å². The lowest BCUT2D eigenvalue weighted by molar-refractivity contribution is 0.454. The van der Waals surface area contributed by atoms with Gasteiger partial charge in [-0.2, -0.15) is 0 Å². The second-order valence-electron chi connectivity index (χ2n) is 13.9. The fourth-order valence-electron chi connectivity index (χ4n) is 7.94. The quantitative estimate of drug-likeness (QED) is 0.190. The molecule has 0 aromatic heterocycles. The number of halogens is 2. The standard InChI is InChI=1S/2C19H21FN2O2S/c1-12-11-21-8-7-16-17-10-15(5-6-18(17)22-19(12)16)25(23,24)14-4-2-3-13(20)9-14;1-12-9-19-16(7-8-21-12)17-11-15(5-6-18(17)22-19)25(23,24)14-4-2-3-13(20)10-14/h2-6,9-10,12,16,19,21-22H,7-8,11H2,1H3;2-6,10-12,16,19,21-22H,7-9H2,1H3/t12?,16-,19-;12?,16-,19+/m11/s1. The molecule has 0 spiro atoms. The SMILES string of the molecule is CC1CNCC[C@@H]2c3cc(S(=O)(=O)c4cccc(F)c4)ccc3N[C@H]12.CC1C[C@@H]2Nc3ccc(S(=O)(=O)c4cccc(F)c4)cc3[C@H]2CCN1. The Morgan fingerprint density at radius 3 is 1.78 bits per heavy atom. The molecular formula is C38H42F2N4O4S2. The minimum Gasteiger partial charge on any atom is -0.381 e. The highest BCUT2D eigenvalue weighted by atomic mass is 32.2. The van der Waals surface area contributed by atoms with Crippen molar-refractivity contribution in [3.63, 3.8) is 0 Å². The number of hydrogen-bond donors (Lipinski definition) is 4. The number of rotatable bonds is 4. The Hall–Kier alpha value is -3.84. The van der Waals surface area contributed by atoms with E-state index in [4.69, 9.17) is 0 Å². The molecule has 50 heavy (non-hydrogen) atoms. The first-order chi connectivity index (χ1) is 23.9. The van der Waals surface area contributed by atoms with Crippen molar-refractivity contribution in [3.8, 4) is 0 Å². The van der Waals surface area contributed by atoms with Gasteiger partial charge in [0.05, 0.1) is 19.6 Å². The van der Waals surface area contributed by atoms with Gasteiger partial charge < -0.3 is 21.3 Å². The molecule has 0 saturated carbocycles. The molecule has 2 fully saturated rings. The molecule has 0 bridgehead atoms. The molecule has 2 unspecified atom stereocenters. The summed E-state index contributed by atoms with van der Waals surface area (Å²) in [7, 11) is -7.45. The molecule has 8 rings (SSSR count). The van der Waals surface area contributed by atoms with Crippen molar-refractivity contribution in [3.05, 3.63) is 108 Å². The highest BCUT2D eigenvalue weighted by Gasteiger charge is 2.38. The molecule has 4 aromatic carbocycles. The summed E-state index contributed by atoms with van der Waals surface area (Å²) < 4.78 is 78.4. The predicted molar refractivity (Wildman–Crippen MR) is 190 cm³/mol. The molecule has 8 nitrogen and oxygen atoms in total. The van der Waals surface area contributed by atoms with Gasteiger partial charge in [-0.3, -0.25) is 0 Å². The Balaban J connectivity index is 0.000000157. The zero-order valence-corrected chi connectivity index (χ0v) is 29.6. The molecule has 4 heterocycles. The maximum Gasteiger partial charge on any atom is 0.206 e. The Morgan fingerprint density at radius 2 is 1.18 bits per heavy atom. The maximum atomic E-state index is 13.5. The summed E-state index contributed by atoms with van der Waals surface area (Å²) in [4.78, 5) is 0.436. The van der Waals surface area contributed by atoms with Gasteiger partial charge in [0, 0.05) is 41.3 Å². The molecule has 0 amide bonds. The third-order valence-electron chi connectivity index (χ3n) is 10.5. The van der Waals surface area contributed by atoms with Crippen LogP contribution in [0.3, 0.4) is 0 Å². The minimum absolute atomic E-state index is 0.00823. The Bertz CT molecular complexity index is 2130. The van der Waals surface area contributed by atoms with Crippen LogP contribution in [0.1, 0.15) is 56.1 Å². The molecule has 4 aromatic rings. The van der Waals surface area contributed by atoms with E-state index in [2.05, 4.69) is 35.1 Å². The van der Waals surface area contributed by atoms with Gasteiger partial charge in [0.2, 0.25) is 19.7 Å². The molecule has 4 aliphatic rings. The van der Waals surface area contributed by atoms with Crippen LogP contribution >= 0.6 is 0 Å². The molecule has 4 aliphatic heterocycles. The van der Waals surface area contributed by atoms with Gasteiger partial charge in [0.1, 0.15) is 11.6 Å². The smallest absolute Gasteiger partial charge is 0.206 e. The van der Waals surface area contributed by atoms with Crippen molar-refractivity contribution in [2.45, 2.75) is 82.7 Å². The topological polar surface area (TPSA) is 116 Å². The molecule has 264 valence electrons. The summed E-state index contributed by atoms with van der Waals surface area (Å²) in [5.41, 5.74) is 4.14. The Labute approximate surface area is 292 Å². The van der Waals surface area contributed by atoms with Gasteiger partial charge in [-0.25, -0.2) is 25.6 Å². The summed E-state index contributed by atoms with van der Waals surface area (Å²) in [6.45, 7) is 7.18. The number of sulfone groups is 2. The number of hydrogen-bond acceptors (Lipinski definition) is 8. The second kappa shape index (κ2) is 13.7. The van der Waals surface area contributed by atoms with Crippen molar-refractivity contribution in [1.82, 2.24) is 10.6 Å². The van der Waals surface area contributed by atoms with Gasteiger partial charge in [-0.05, 0) is 136 Å². The van der Waals surface area contributed by atoms with Crippen LogP contribution in [0.25, 0.3) is 0 Å². The molecule has 12 heteroatoms. The highest BCUT2D eigenvalue weighted by molar-refractivity contribution is 7.91. The highest BCUT2D eigenvalue weighted by Crippen LogP contribution is 2.44. The van der Waals surface area contributed by atoms with Crippen LogP contribution < -0.4 is 21.3 Å². The fraction of sp³-hybridized carbons (Fsp3) is 0.368. The van der Waals surface area contributed by atoms with Crippen LogP contribution in [0.15, 0.2) is 105 Å². The van der Waals surface area contributed by atoms with Crippen molar-refractivity contribution in [1.29, 1.82) is 0 Å². The normalized spacial score (nSPS) is 25.6. The second-order valence-corrected chi connectivity index (χ2v) is 17.8. The lowest BCUT2D eigenvalue weighted by atomic mass is 9.87.